The number of β-amino-alcohol motifs (C(OH)–C–C–N with tert-alkyl or cyclic N) is 1. The second kappa shape index (κ2) is 10.8. The minimum absolute atomic E-state index is 0.0505. The maximum Gasteiger partial charge on any atom is 0.253 e. The lowest BCUT2D eigenvalue weighted by molar-refractivity contribution is 0.0680. The number of aromatic hydroxyl groups is 1. The van der Waals surface area contributed by atoms with Gasteiger partial charge in [-0.15, -0.1) is 0 Å². The molecule has 206 valence electrons. The highest BCUT2D eigenvalue weighted by molar-refractivity contribution is 7.09. The number of fused-ring (bicyclic) bond motifs is 1. The smallest absolute Gasteiger partial charge is 0.253 e. The van der Waals surface area contributed by atoms with E-state index >= 15 is 0 Å². The zero-order valence-electron chi connectivity index (χ0n) is 22.7. The maximum atomic E-state index is 12.7. The monoisotopic (exact) mass is 547 g/mol. The molecule has 2 N–H and O–H groups in total. The number of aliphatic hydroxyl groups excluding tert-OH is 1. The highest BCUT2D eigenvalue weighted by Gasteiger charge is 2.42. The maximum absolute atomic E-state index is 12.7. The van der Waals surface area contributed by atoms with E-state index in [1.807, 2.05) is 30.3 Å². The largest absolute Gasteiger partial charge is 0.506 e. The number of hydrogen-bond donors (Lipinski definition) is 2. The van der Waals surface area contributed by atoms with Crippen molar-refractivity contribution in [2.45, 2.75) is 58.0 Å². The molecule has 0 bridgehead atoms. The van der Waals surface area contributed by atoms with Crippen LogP contribution < -0.4 is 4.90 Å². The number of benzene rings is 1. The molecule has 39 heavy (non-hydrogen) atoms. The van der Waals surface area contributed by atoms with Gasteiger partial charge >= 0.3 is 0 Å². The summed E-state index contributed by atoms with van der Waals surface area (Å²) >= 11 is 1.52. The summed E-state index contributed by atoms with van der Waals surface area (Å²) in [5.74, 6) is 3.47. The van der Waals surface area contributed by atoms with E-state index in [0.717, 1.165) is 59.6 Å². The third-order valence-electron chi connectivity index (χ3n) is 8.86. The molecular weight excluding hydrogens is 510 g/mol. The van der Waals surface area contributed by atoms with Gasteiger partial charge in [0.2, 0.25) is 5.13 Å². The van der Waals surface area contributed by atoms with Gasteiger partial charge in [-0.25, -0.2) is 4.98 Å². The number of aliphatic hydroxyl groups is 1. The first-order chi connectivity index (χ1) is 18.9. The van der Waals surface area contributed by atoms with Gasteiger partial charge in [0.05, 0.1) is 18.0 Å². The summed E-state index contributed by atoms with van der Waals surface area (Å²) in [7, 11) is 0. The normalized spacial score (nSPS) is 24.9. The molecule has 1 aliphatic carbocycles. The van der Waals surface area contributed by atoms with Crippen LogP contribution in [0.5, 0.6) is 5.75 Å². The van der Waals surface area contributed by atoms with Crippen molar-refractivity contribution in [3.63, 3.8) is 0 Å². The van der Waals surface area contributed by atoms with Gasteiger partial charge in [0.15, 0.2) is 0 Å². The van der Waals surface area contributed by atoms with Gasteiger partial charge in [-0.1, -0.05) is 26.0 Å². The van der Waals surface area contributed by atoms with Gasteiger partial charge in [-0.3, -0.25) is 9.78 Å². The number of carbonyl (C=O) groups is 1. The van der Waals surface area contributed by atoms with E-state index in [-0.39, 0.29) is 11.7 Å². The van der Waals surface area contributed by atoms with Crippen LogP contribution in [0.15, 0.2) is 36.5 Å². The molecule has 3 fully saturated rings. The third-order valence-corrected chi connectivity index (χ3v) is 9.65. The van der Waals surface area contributed by atoms with Crippen molar-refractivity contribution >= 4 is 22.6 Å². The Morgan fingerprint density at radius 2 is 1.92 bits per heavy atom. The lowest BCUT2D eigenvalue weighted by Crippen LogP contribution is -2.37. The molecule has 1 aromatic carbocycles. The predicted octanol–water partition coefficient (Wildman–Crippen LogP) is 4.73. The lowest BCUT2D eigenvalue weighted by Gasteiger charge is -2.44. The number of amides is 1. The molecule has 9 heteroatoms. The van der Waals surface area contributed by atoms with Crippen molar-refractivity contribution in [3.05, 3.63) is 53.5 Å². The van der Waals surface area contributed by atoms with Gasteiger partial charge in [0.1, 0.15) is 11.6 Å². The molecule has 2 saturated heterocycles. The zero-order chi connectivity index (χ0) is 27.1. The molecule has 1 saturated carbocycles. The number of anilines is 1. The number of pyridine rings is 1. The van der Waals surface area contributed by atoms with Crippen LogP contribution in [0.1, 0.15) is 67.2 Å². The Kier molecular flexibility index (Phi) is 7.29. The van der Waals surface area contributed by atoms with E-state index in [2.05, 4.69) is 28.1 Å². The van der Waals surface area contributed by atoms with Crippen LogP contribution in [0, 0.1) is 17.8 Å². The van der Waals surface area contributed by atoms with Gasteiger partial charge in [0.25, 0.3) is 5.91 Å². The summed E-state index contributed by atoms with van der Waals surface area (Å²) in [4.78, 5) is 26.1. The number of likely N-dealkylation sites (tertiary alicyclic amines) is 1. The summed E-state index contributed by atoms with van der Waals surface area (Å²) in [6.45, 7) is 7.31. The molecule has 4 atom stereocenters. The first-order valence-corrected chi connectivity index (χ1v) is 15.0. The van der Waals surface area contributed by atoms with E-state index in [1.54, 1.807) is 11.1 Å². The van der Waals surface area contributed by atoms with Crippen LogP contribution in [0.2, 0.25) is 0 Å². The SMILES string of the molecule is CC(C)c1nsc(N2CCC3CC(Cc4cc(-c5ccc(C(=O)N6CCC(O)C6)cc5)ncc4O)C3CC2)n1. The molecule has 3 aromatic rings. The molecule has 0 radical (unpaired) electrons. The van der Waals surface area contributed by atoms with E-state index in [4.69, 9.17) is 4.98 Å². The Balaban J connectivity index is 1.10. The number of hydrogen-bond acceptors (Lipinski definition) is 8. The Morgan fingerprint density at radius 3 is 2.64 bits per heavy atom. The van der Waals surface area contributed by atoms with Gasteiger partial charge in [0, 0.05) is 54.8 Å². The second-order valence-electron chi connectivity index (χ2n) is 11.7. The Hall–Kier alpha value is -3.04. The van der Waals surface area contributed by atoms with Crippen molar-refractivity contribution < 1.29 is 15.0 Å². The number of aromatic nitrogens is 3. The number of carbonyl (C=O) groups excluding carboxylic acids is 1. The number of nitrogens with zero attached hydrogens (tertiary/aromatic N) is 5. The van der Waals surface area contributed by atoms with Crippen LogP contribution in [-0.2, 0) is 6.42 Å². The highest BCUT2D eigenvalue weighted by Crippen LogP contribution is 2.48. The van der Waals surface area contributed by atoms with E-state index in [1.165, 1.54) is 24.4 Å². The summed E-state index contributed by atoms with van der Waals surface area (Å²) in [5.41, 5.74) is 3.28. The van der Waals surface area contributed by atoms with Crippen molar-refractivity contribution in [2.75, 3.05) is 31.1 Å². The Labute approximate surface area is 233 Å². The molecule has 1 amide bonds. The van der Waals surface area contributed by atoms with Crippen LogP contribution in [-0.4, -0.2) is 67.6 Å². The quantitative estimate of drug-likeness (QED) is 0.460. The third kappa shape index (κ3) is 5.39. The zero-order valence-corrected chi connectivity index (χ0v) is 23.5. The van der Waals surface area contributed by atoms with Crippen LogP contribution in [0.25, 0.3) is 11.3 Å². The van der Waals surface area contributed by atoms with Crippen molar-refractivity contribution in [1.29, 1.82) is 0 Å². The molecule has 0 spiro atoms. The molecule has 2 aromatic heterocycles. The van der Waals surface area contributed by atoms with Crippen molar-refractivity contribution in [1.82, 2.24) is 19.2 Å². The summed E-state index contributed by atoms with van der Waals surface area (Å²) in [6.07, 6.45) is 6.15. The average Bonchev–Trinajstić information content (AvgIpc) is 3.56. The fourth-order valence-corrected chi connectivity index (χ4v) is 7.33. The molecule has 3 aliphatic rings. The van der Waals surface area contributed by atoms with Gasteiger partial charge < -0.3 is 20.0 Å². The summed E-state index contributed by atoms with van der Waals surface area (Å²) < 4.78 is 4.55. The number of rotatable bonds is 6. The molecule has 8 nitrogen and oxygen atoms in total. The minimum Gasteiger partial charge on any atom is -0.506 e. The summed E-state index contributed by atoms with van der Waals surface area (Å²) in [5, 5.41) is 21.4. The van der Waals surface area contributed by atoms with E-state index in [9.17, 15) is 15.0 Å². The molecule has 6 rings (SSSR count). The van der Waals surface area contributed by atoms with Gasteiger partial charge in [-0.2, -0.15) is 4.37 Å². The summed E-state index contributed by atoms with van der Waals surface area (Å²) in [6, 6.07) is 9.49. The fraction of sp³-hybridized carbons (Fsp3) is 0.533. The molecule has 4 unspecified atom stereocenters. The highest BCUT2D eigenvalue weighted by atomic mass is 32.1. The first kappa shape index (κ1) is 26.2. The fourth-order valence-electron chi connectivity index (χ4n) is 6.47. The molecule has 2 aliphatic heterocycles. The average molecular weight is 548 g/mol. The molecular formula is C30H37N5O3S. The lowest BCUT2D eigenvalue weighted by atomic mass is 9.61. The topological polar surface area (TPSA) is 103 Å². The van der Waals surface area contributed by atoms with Gasteiger partial charge in [-0.05, 0) is 73.6 Å². The molecule has 4 heterocycles. The van der Waals surface area contributed by atoms with E-state index < -0.39 is 6.10 Å². The van der Waals surface area contributed by atoms with Crippen molar-refractivity contribution in [2.24, 2.45) is 17.8 Å². The predicted molar refractivity (Wildman–Crippen MR) is 152 cm³/mol. The van der Waals surface area contributed by atoms with Crippen LogP contribution >= 0.6 is 11.5 Å². The Morgan fingerprint density at radius 1 is 1.13 bits per heavy atom. The van der Waals surface area contributed by atoms with Crippen LogP contribution in [0.4, 0.5) is 5.13 Å². The first-order valence-electron chi connectivity index (χ1n) is 14.2. The van der Waals surface area contributed by atoms with E-state index in [0.29, 0.717) is 42.8 Å². The minimum atomic E-state index is -0.427. The van der Waals surface area contributed by atoms with Crippen molar-refractivity contribution in [3.8, 4) is 17.0 Å². The Bertz CT molecular complexity index is 1330. The standard InChI is InChI=1S/C30H37N5O3S/c1-18(2)28-32-30(39-33-28)34-10-7-21-13-22(25(21)9-12-34)14-23-15-26(31-16-27(23)37)19-3-5-20(6-4-19)29(38)35-11-8-24(36)17-35/h3-6,15-16,18,21-22,24-25,36-37H,7-14,17H2,1-2H3. The van der Waals surface area contributed by atoms with Crippen LogP contribution in [0.3, 0.4) is 0 Å². The second-order valence-corrected chi connectivity index (χ2v) is 12.5.